The van der Waals surface area contributed by atoms with Crippen molar-refractivity contribution in [3.05, 3.63) is 41.3 Å². The summed E-state index contributed by atoms with van der Waals surface area (Å²) >= 11 is 7.37. The minimum Gasteiger partial charge on any atom is -0.339 e. The number of hydrogen-bond donors (Lipinski definition) is 1. The second-order valence-electron chi connectivity index (χ2n) is 3.39. The third-order valence-electron chi connectivity index (χ3n) is 2.21. The van der Waals surface area contributed by atoms with Crippen LogP contribution in [0.1, 0.15) is 0 Å². The number of aromatic nitrogens is 3. The summed E-state index contributed by atoms with van der Waals surface area (Å²) < 4.78 is 1.13. The van der Waals surface area contributed by atoms with E-state index in [0.29, 0.717) is 11.0 Å². The van der Waals surface area contributed by atoms with Crippen LogP contribution in [0, 0.1) is 0 Å². The molecule has 3 rings (SSSR count). The number of nitrogens with zero attached hydrogens (tertiary/aromatic N) is 3. The molecule has 84 valence electrons. The Hall–Kier alpha value is -1.72. The molecule has 4 nitrogen and oxygen atoms in total. The molecule has 0 radical (unpaired) electrons. The Balaban J connectivity index is 1.94. The van der Waals surface area contributed by atoms with Crippen LogP contribution in [-0.4, -0.2) is 15.0 Å². The molecular weight excluding hydrogens is 256 g/mol. The second-order valence-corrected chi connectivity index (χ2v) is 4.66. The van der Waals surface area contributed by atoms with Crippen molar-refractivity contribution in [2.75, 3.05) is 5.32 Å². The maximum absolute atomic E-state index is 5.77. The molecule has 17 heavy (non-hydrogen) atoms. The molecule has 0 fully saturated rings. The minimum atomic E-state index is 0.369. The average molecular weight is 263 g/mol. The van der Waals surface area contributed by atoms with Crippen molar-refractivity contribution in [2.24, 2.45) is 0 Å². The molecule has 0 saturated heterocycles. The number of nitrogens with one attached hydrogen (secondary N) is 1. The predicted octanol–water partition coefficient (Wildman–Crippen LogP) is 3.48. The first-order valence-electron chi connectivity index (χ1n) is 4.89. The lowest BCUT2D eigenvalue weighted by molar-refractivity contribution is 1.20. The summed E-state index contributed by atoms with van der Waals surface area (Å²) in [6.45, 7) is 0. The number of hydrogen-bond acceptors (Lipinski definition) is 5. The topological polar surface area (TPSA) is 50.7 Å². The van der Waals surface area contributed by atoms with Crippen molar-refractivity contribution >= 4 is 44.7 Å². The molecule has 0 aliphatic heterocycles. The number of anilines is 2. The zero-order valence-corrected chi connectivity index (χ0v) is 10.2. The third-order valence-corrected chi connectivity index (χ3v) is 3.18. The van der Waals surface area contributed by atoms with E-state index in [-0.39, 0.29) is 0 Å². The first kappa shape index (κ1) is 10.4. The largest absolute Gasteiger partial charge is 0.339 e. The molecule has 2 heterocycles. The van der Waals surface area contributed by atoms with Gasteiger partial charge in [0.1, 0.15) is 5.15 Å². The standard InChI is InChI=1S/C11H7ClN4S/c12-10-4-13-5-11(16-10)15-7-1-2-8-9(3-7)17-6-14-8/h1-6H,(H,15,16). The van der Waals surface area contributed by atoms with Crippen molar-refractivity contribution in [3.8, 4) is 0 Å². The Labute approximate surface area is 106 Å². The average Bonchev–Trinajstić information content (AvgIpc) is 2.76. The van der Waals surface area contributed by atoms with Crippen LogP contribution in [0.3, 0.4) is 0 Å². The lowest BCUT2D eigenvalue weighted by Crippen LogP contribution is -1.94. The highest BCUT2D eigenvalue weighted by atomic mass is 35.5. The van der Waals surface area contributed by atoms with Gasteiger partial charge in [0.15, 0.2) is 5.82 Å². The fourth-order valence-electron chi connectivity index (χ4n) is 1.48. The third kappa shape index (κ3) is 2.20. The molecule has 0 unspecified atom stereocenters. The highest BCUT2D eigenvalue weighted by Gasteiger charge is 2.01. The molecule has 3 aromatic rings. The summed E-state index contributed by atoms with van der Waals surface area (Å²) in [5, 5.41) is 3.52. The quantitative estimate of drug-likeness (QED) is 0.768. The molecule has 1 aromatic carbocycles. The Bertz CT molecular complexity index is 667. The molecule has 0 bridgehead atoms. The van der Waals surface area contributed by atoms with Gasteiger partial charge in [-0.05, 0) is 18.2 Å². The molecule has 0 spiro atoms. The van der Waals surface area contributed by atoms with E-state index in [1.54, 1.807) is 17.5 Å². The maximum atomic E-state index is 5.77. The number of thiazole rings is 1. The van der Waals surface area contributed by atoms with E-state index in [4.69, 9.17) is 11.6 Å². The molecule has 0 amide bonds. The van der Waals surface area contributed by atoms with Crippen LogP contribution in [0.2, 0.25) is 5.15 Å². The first-order valence-corrected chi connectivity index (χ1v) is 6.15. The van der Waals surface area contributed by atoms with E-state index in [1.165, 1.54) is 6.20 Å². The smallest absolute Gasteiger partial charge is 0.150 e. The summed E-state index contributed by atoms with van der Waals surface area (Å²) in [6.07, 6.45) is 3.13. The summed E-state index contributed by atoms with van der Waals surface area (Å²) in [4.78, 5) is 12.3. The molecule has 0 saturated carbocycles. The van der Waals surface area contributed by atoms with Gasteiger partial charge in [-0.3, -0.25) is 4.98 Å². The lowest BCUT2D eigenvalue weighted by atomic mass is 10.3. The molecular formula is C11H7ClN4S. The van der Waals surface area contributed by atoms with Gasteiger partial charge in [-0.2, -0.15) is 0 Å². The zero-order chi connectivity index (χ0) is 11.7. The van der Waals surface area contributed by atoms with Crippen LogP contribution in [0.4, 0.5) is 11.5 Å². The number of benzene rings is 1. The van der Waals surface area contributed by atoms with Gasteiger partial charge >= 0.3 is 0 Å². The zero-order valence-electron chi connectivity index (χ0n) is 8.59. The van der Waals surface area contributed by atoms with Crippen LogP contribution in [0.15, 0.2) is 36.1 Å². The van der Waals surface area contributed by atoms with Crippen molar-refractivity contribution < 1.29 is 0 Å². The fraction of sp³-hybridized carbons (Fsp3) is 0. The Morgan fingerprint density at radius 1 is 1.24 bits per heavy atom. The van der Waals surface area contributed by atoms with Crippen LogP contribution < -0.4 is 5.32 Å². The molecule has 0 atom stereocenters. The van der Waals surface area contributed by atoms with E-state index in [2.05, 4.69) is 20.3 Å². The molecule has 2 aromatic heterocycles. The van der Waals surface area contributed by atoms with Gasteiger partial charge < -0.3 is 5.32 Å². The Morgan fingerprint density at radius 3 is 3.06 bits per heavy atom. The molecule has 0 aliphatic rings. The lowest BCUT2D eigenvalue weighted by Gasteiger charge is -2.04. The van der Waals surface area contributed by atoms with Crippen molar-refractivity contribution in [1.29, 1.82) is 0 Å². The normalized spacial score (nSPS) is 10.6. The first-order chi connectivity index (χ1) is 8.31. The monoisotopic (exact) mass is 262 g/mol. The summed E-state index contributed by atoms with van der Waals surface area (Å²) in [6, 6.07) is 5.94. The number of fused-ring (bicyclic) bond motifs is 1. The summed E-state index contributed by atoms with van der Waals surface area (Å²) in [5.41, 5.74) is 3.77. The van der Waals surface area contributed by atoms with Crippen LogP contribution in [-0.2, 0) is 0 Å². The molecule has 0 aliphatic carbocycles. The Morgan fingerprint density at radius 2 is 2.18 bits per heavy atom. The highest BCUT2D eigenvalue weighted by Crippen LogP contribution is 2.23. The van der Waals surface area contributed by atoms with E-state index in [1.807, 2.05) is 23.7 Å². The van der Waals surface area contributed by atoms with E-state index in [0.717, 1.165) is 15.9 Å². The van der Waals surface area contributed by atoms with Gasteiger partial charge in [-0.25, -0.2) is 9.97 Å². The highest BCUT2D eigenvalue weighted by molar-refractivity contribution is 7.16. The second kappa shape index (κ2) is 4.27. The molecule has 1 N–H and O–H groups in total. The number of rotatable bonds is 2. The molecule has 6 heteroatoms. The SMILES string of the molecule is Clc1cncc(Nc2ccc3ncsc3c2)n1. The van der Waals surface area contributed by atoms with Gasteiger partial charge in [-0.1, -0.05) is 11.6 Å². The van der Waals surface area contributed by atoms with Crippen molar-refractivity contribution in [3.63, 3.8) is 0 Å². The Kier molecular flexibility index (Phi) is 2.62. The van der Waals surface area contributed by atoms with Crippen LogP contribution >= 0.6 is 22.9 Å². The van der Waals surface area contributed by atoms with Crippen molar-refractivity contribution in [2.45, 2.75) is 0 Å². The van der Waals surface area contributed by atoms with Crippen molar-refractivity contribution in [1.82, 2.24) is 15.0 Å². The summed E-state index contributed by atoms with van der Waals surface area (Å²) in [5.74, 6) is 0.626. The fourth-order valence-corrected chi connectivity index (χ4v) is 2.35. The van der Waals surface area contributed by atoms with Gasteiger partial charge in [0.05, 0.1) is 28.1 Å². The van der Waals surface area contributed by atoms with Crippen LogP contribution in [0.25, 0.3) is 10.2 Å². The van der Waals surface area contributed by atoms with E-state index >= 15 is 0 Å². The summed E-state index contributed by atoms with van der Waals surface area (Å²) in [7, 11) is 0. The van der Waals surface area contributed by atoms with E-state index in [9.17, 15) is 0 Å². The van der Waals surface area contributed by atoms with Gasteiger partial charge in [0.25, 0.3) is 0 Å². The number of halogens is 1. The maximum Gasteiger partial charge on any atom is 0.150 e. The van der Waals surface area contributed by atoms with Gasteiger partial charge in [0.2, 0.25) is 0 Å². The van der Waals surface area contributed by atoms with E-state index < -0.39 is 0 Å². The van der Waals surface area contributed by atoms with Crippen LogP contribution in [0.5, 0.6) is 0 Å². The predicted molar refractivity (Wildman–Crippen MR) is 69.9 cm³/mol. The van der Waals surface area contributed by atoms with Gasteiger partial charge in [0, 0.05) is 5.69 Å². The van der Waals surface area contributed by atoms with Gasteiger partial charge in [-0.15, -0.1) is 11.3 Å². The minimum absolute atomic E-state index is 0.369.